The Hall–Kier alpha value is -0.860. The second kappa shape index (κ2) is 7.81. The molecular formula is C21H35NO. The number of hydrogen-bond donors (Lipinski definition) is 0. The van der Waals surface area contributed by atoms with Crippen LogP contribution in [-0.4, -0.2) is 36.7 Å². The number of morpholine rings is 1. The summed E-state index contributed by atoms with van der Waals surface area (Å²) in [5, 5.41) is 0. The van der Waals surface area contributed by atoms with Gasteiger partial charge >= 0.3 is 0 Å². The summed E-state index contributed by atoms with van der Waals surface area (Å²) in [6, 6.07) is 9.22. The van der Waals surface area contributed by atoms with Crippen LogP contribution in [0.1, 0.15) is 59.1 Å². The summed E-state index contributed by atoms with van der Waals surface area (Å²) < 4.78 is 5.84. The first-order valence-corrected chi connectivity index (χ1v) is 9.27. The Morgan fingerprint density at radius 2 is 1.87 bits per heavy atom. The van der Waals surface area contributed by atoms with Crippen molar-refractivity contribution >= 4 is 0 Å². The van der Waals surface area contributed by atoms with Crippen molar-refractivity contribution in [1.82, 2.24) is 4.90 Å². The Bertz CT molecular complexity index is 486. The largest absolute Gasteiger partial charge is 0.373 e. The van der Waals surface area contributed by atoms with E-state index in [2.05, 4.69) is 70.7 Å². The predicted octanol–water partition coefficient (Wildman–Crippen LogP) is 4.66. The van der Waals surface area contributed by atoms with Crippen LogP contribution >= 0.6 is 0 Å². The third kappa shape index (κ3) is 5.32. The van der Waals surface area contributed by atoms with Gasteiger partial charge in [-0.1, -0.05) is 52.0 Å². The number of ether oxygens (including phenoxy) is 1. The number of rotatable bonds is 6. The van der Waals surface area contributed by atoms with Gasteiger partial charge in [0.15, 0.2) is 0 Å². The summed E-state index contributed by atoms with van der Waals surface area (Å²) in [6.45, 7) is 17.0. The Morgan fingerprint density at radius 3 is 2.48 bits per heavy atom. The van der Waals surface area contributed by atoms with Gasteiger partial charge in [0.2, 0.25) is 0 Å². The van der Waals surface area contributed by atoms with Crippen LogP contribution in [0.4, 0.5) is 0 Å². The third-order valence-electron chi connectivity index (χ3n) is 5.24. The summed E-state index contributed by atoms with van der Waals surface area (Å²) in [7, 11) is 0. The Balaban J connectivity index is 1.95. The Morgan fingerprint density at radius 1 is 1.22 bits per heavy atom. The van der Waals surface area contributed by atoms with Crippen molar-refractivity contribution < 1.29 is 4.74 Å². The summed E-state index contributed by atoms with van der Waals surface area (Å²) in [6.07, 6.45) is 3.06. The highest BCUT2D eigenvalue weighted by Crippen LogP contribution is 2.27. The lowest BCUT2D eigenvalue weighted by Crippen LogP contribution is -2.47. The molecule has 2 nitrogen and oxygen atoms in total. The van der Waals surface area contributed by atoms with E-state index in [1.54, 1.807) is 0 Å². The monoisotopic (exact) mass is 317 g/mol. The molecule has 1 fully saturated rings. The lowest BCUT2D eigenvalue weighted by atomic mass is 9.81. The molecule has 0 spiro atoms. The zero-order chi connectivity index (χ0) is 17.0. The van der Waals surface area contributed by atoms with Gasteiger partial charge < -0.3 is 4.74 Å². The molecule has 1 saturated heterocycles. The van der Waals surface area contributed by atoms with Crippen LogP contribution in [-0.2, 0) is 16.6 Å². The highest BCUT2D eigenvalue weighted by molar-refractivity contribution is 5.29. The maximum Gasteiger partial charge on any atom is 0.0678 e. The van der Waals surface area contributed by atoms with E-state index >= 15 is 0 Å². The fourth-order valence-electron chi connectivity index (χ4n) is 3.66. The lowest BCUT2D eigenvalue weighted by Gasteiger charge is -2.36. The van der Waals surface area contributed by atoms with Crippen molar-refractivity contribution in [1.29, 1.82) is 0 Å². The smallest absolute Gasteiger partial charge is 0.0678 e. The summed E-state index contributed by atoms with van der Waals surface area (Å²) >= 11 is 0. The first-order chi connectivity index (χ1) is 10.8. The molecule has 1 unspecified atom stereocenters. The van der Waals surface area contributed by atoms with E-state index < -0.39 is 0 Å². The fraction of sp³-hybridized carbons (Fsp3) is 0.714. The standard InChI is InChI=1S/C21H35NO/c1-7-21(5,6)20-10-8-9-19(12-20)11-16(2)13-22-14-17(3)23-18(4)15-22/h8-10,12,16-18H,7,11,13-15H2,1-6H3/t16?,17-,18+. The van der Waals surface area contributed by atoms with Crippen LogP contribution in [0, 0.1) is 5.92 Å². The van der Waals surface area contributed by atoms with Crippen molar-refractivity contribution in [3.63, 3.8) is 0 Å². The van der Waals surface area contributed by atoms with E-state index in [0.29, 0.717) is 18.1 Å². The summed E-state index contributed by atoms with van der Waals surface area (Å²) in [4.78, 5) is 2.57. The van der Waals surface area contributed by atoms with Crippen molar-refractivity contribution in [3.8, 4) is 0 Å². The van der Waals surface area contributed by atoms with Crippen molar-refractivity contribution in [3.05, 3.63) is 35.4 Å². The molecule has 1 aliphatic rings. The van der Waals surface area contributed by atoms with Gasteiger partial charge in [-0.15, -0.1) is 0 Å². The SMILES string of the molecule is CCC(C)(C)c1cccc(CC(C)CN2C[C@@H](C)O[C@@H](C)C2)c1. The van der Waals surface area contributed by atoms with E-state index in [-0.39, 0.29) is 5.41 Å². The third-order valence-corrected chi connectivity index (χ3v) is 5.24. The number of nitrogens with zero attached hydrogens (tertiary/aromatic N) is 1. The quantitative estimate of drug-likeness (QED) is 0.756. The minimum absolute atomic E-state index is 0.272. The van der Waals surface area contributed by atoms with Crippen LogP contribution in [0.15, 0.2) is 24.3 Å². The molecule has 3 atom stereocenters. The van der Waals surface area contributed by atoms with Gasteiger partial charge in [0.05, 0.1) is 12.2 Å². The normalized spacial score (nSPS) is 24.6. The van der Waals surface area contributed by atoms with E-state index in [1.165, 1.54) is 24.1 Å². The molecule has 0 saturated carbocycles. The Labute approximate surface area is 143 Å². The summed E-state index contributed by atoms with van der Waals surface area (Å²) in [5.41, 5.74) is 3.22. The van der Waals surface area contributed by atoms with Gasteiger partial charge in [0, 0.05) is 19.6 Å². The molecule has 130 valence electrons. The molecule has 0 radical (unpaired) electrons. The minimum Gasteiger partial charge on any atom is -0.373 e. The zero-order valence-corrected chi connectivity index (χ0v) is 15.9. The zero-order valence-electron chi connectivity index (χ0n) is 15.9. The molecule has 0 N–H and O–H groups in total. The maximum absolute atomic E-state index is 5.84. The van der Waals surface area contributed by atoms with E-state index in [1.807, 2.05) is 0 Å². The molecule has 1 aromatic rings. The van der Waals surface area contributed by atoms with Crippen molar-refractivity contribution in [2.45, 2.75) is 72.0 Å². The summed E-state index contributed by atoms with van der Waals surface area (Å²) in [5.74, 6) is 0.674. The van der Waals surface area contributed by atoms with Gasteiger partial charge in [0.1, 0.15) is 0 Å². The van der Waals surface area contributed by atoms with Gasteiger partial charge in [-0.25, -0.2) is 0 Å². The molecule has 2 rings (SSSR count). The predicted molar refractivity (Wildman–Crippen MR) is 99.1 cm³/mol. The molecule has 2 heteroatoms. The molecule has 1 aromatic carbocycles. The molecule has 23 heavy (non-hydrogen) atoms. The van der Waals surface area contributed by atoms with Crippen molar-refractivity contribution in [2.75, 3.05) is 19.6 Å². The van der Waals surface area contributed by atoms with Gasteiger partial charge in [-0.05, 0) is 49.1 Å². The molecule has 0 aromatic heterocycles. The van der Waals surface area contributed by atoms with Crippen LogP contribution in [0.2, 0.25) is 0 Å². The fourth-order valence-corrected chi connectivity index (χ4v) is 3.66. The van der Waals surface area contributed by atoms with Crippen molar-refractivity contribution in [2.24, 2.45) is 5.92 Å². The average molecular weight is 318 g/mol. The van der Waals surface area contributed by atoms with Gasteiger partial charge in [0.25, 0.3) is 0 Å². The van der Waals surface area contributed by atoms with E-state index in [4.69, 9.17) is 4.74 Å². The highest BCUT2D eigenvalue weighted by atomic mass is 16.5. The van der Waals surface area contributed by atoms with E-state index in [0.717, 1.165) is 19.5 Å². The number of benzene rings is 1. The molecule has 0 aliphatic carbocycles. The minimum atomic E-state index is 0.272. The molecule has 1 heterocycles. The molecule has 1 aliphatic heterocycles. The topological polar surface area (TPSA) is 12.5 Å². The van der Waals surface area contributed by atoms with Crippen LogP contribution in [0.3, 0.4) is 0 Å². The van der Waals surface area contributed by atoms with Gasteiger partial charge in [-0.2, -0.15) is 0 Å². The molecule has 0 bridgehead atoms. The number of hydrogen-bond acceptors (Lipinski definition) is 2. The average Bonchev–Trinajstić information content (AvgIpc) is 2.46. The first-order valence-electron chi connectivity index (χ1n) is 9.27. The second-order valence-electron chi connectivity index (χ2n) is 8.22. The molecular weight excluding hydrogens is 282 g/mol. The van der Waals surface area contributed by atoms with Crippen LogP contribution in [0.25, 0.3) is 0 Å². The Kier molecular flexibility index (Phi) is 6.27. The lowest BCUT2D eigenvalue weighted by molar-refractivity contribution is -0.0708. The van der Waals surface area contributed by atoms with Crippen LogP contribution in [0.5, 0.6) is 0 Å². The second-order valence-corrected chi connectivity index (χ2v) is 8.22. The highest BCUT2D eigenvalue weighted by Gasteiger charge is 2.23. The maximum atomic E-state index is 5.84. The first kappa shape index (κ1) is 18.5. The van der Waals surface area contributed by atoms with E-state index in [9.17, 15) is 0 Å². The molecule has 0 amide bonds. The van der Waals surface area contributed by atoms with Gasteiger partial charge in [-0.3, -0.25) is 4.90 Å². The van der Waals surface area contributed by atoms with Crippen LogP contribution < -0.4 is 0 Å².